The van der Waals surface area contributed by atoms with Crippen LogP contribution in [0, 0.1) is 0 Å². The molecule has 180 valence electrons. The van der Waals surface area contributed by atoms with Gasteiger partial charge in [0.15, 0.2) is 4.80 Å². The van der Waals surface area contributed by atoms with Crippen LogP contribution in [-0.4, -0.2) is 40.5 Å². The number of aromatic nitrogens is 1. The number of carbonyl (C=O) groups is 3. The van der Waals surface area contributed by atoms with Crippen LogP contribution in [0.4, 0.5) is 5.00 Å². The Labute approximate surface area is 217 Å². The maximum Gasteiger partial charge on any atom is 0.341 e. The monoisotopic (exact) mass is 581 g/mol. The van der Waals surface area contributed by atoms with Crippen LogP contribution in [0.2, 0.25) is 0 Å². The van der Waals surface area contributed by atoms with E-state index in [9.17, 15) is 14.4 Å². The van der Waals surface area contributed by atoms with Crippen molar-refractivity contribution < 1.29 is 19.1 Å². The van der Waals surface area contributed by atoms with Gasteiger partial charge < -0.3 is 14.6 Å². The smallest absolute Gasteiger partial charge is 0.341 e. The fourth-order valence-electron chi connectivity index (χ4n) is 3.82. The Bertz CT molecular complexity index is 1320. The van der Waals surface area contributed by atoms with Gasteiger partial charge in [0.25, 0.3) is 5.91 Å². The number of ether oxygens (including phenoxy) is 1. The number of amides is 2. The molecule has 0 atom stereocenters. The molecule has 2 amide bonds. The fraction of sp³-hybridized carbons (Fsp3) is 0.391. The van der Waals surface area contributed by atoms with Crippen LogP contribution >= 0.6 is 50.4 Å². The average Bonchev–Trinajstić information content (AvgIpc) is 3.30. The molecule has 0 spiro atoms. The van der Waals surface area contributed by atoms with E-state index in [1.165, 1.54) is 34.4 Å². The van der Waals surface area contributed by atoms with Gasteiger partial charge in [0.2, 0.25) is 5.91 Å². The first-order valence-corrected chi connectivity index (χ1v) is 14.5. The maximum absolute atomic E-state index is 12.6. The zero-order valence-electron chi connectivity index (χ0n) is 18.8. The van der Waals surface area contributed by atoms with Crippen LogP contribution in [0.5, 0.6) is 0 Å². The first kappa shape index (κ1) is 25.2. The van der Waals surface area contributed by atoms with E-state index in [0.29, 0.717) is 15.4 Å². The molecule has 0 saturated heterocycles. The van der Waals surface area contributed by atoms with Crippen molar-refractivity contribution in [2.24, 2.45) is 12.0 Å². The number of thiazole rings is 1. The molecule has 1 aromatic carbocycles. The summed E-state index contributed by atoms with van der Waals surface area (Å²) < 4.78 is 9.12. The minimum atomic E-state index is -0.387. The molecule has 11 heteroatoms. The van der Waals surface area contributed by atoms with E-state index in [4.69, 9.17) is 4.74 Å². The van der Waals surface area contributed by atoms with Crippen LogP contribution in [0.25, 0.3) is 10.2 Å². The molecule has 4 rings (SSSR count). The lowest BCUT2D eigenvalue weighted by Gasteiger charge is -2.12. The van der Waals surface area contributed by atoms with Crippen molar-refractivity contribution in [3.8, 4) is 0 Å². The summed E-state index contributed by atoms with van der Waals surface area (Å²) in [4.78, 5) is 43.5. The van der Waals surface area contributed by atoms with E-state index in [-0.39, 0.29) is 35.9 Å². The van der Waals surface area contributed by atoms with Gasteiger partial charge in [0.1, 0.15) is 5.00 Å². The molecule has 0 aliphatic heterocycles. The summed E-state index contributed by atoms with van der Waals surface area (Å²) in [6.45, 7) is 2.05. The van der Waals surface area contributed by atoms with E-state index >= 15 is 0 Å². The number of benzene rings is 1. The van der Waals surface area contributed by atoms with Gasteiger partial charge in [-0.25, -0.2) is 4.79 Å². The lowest BCUT2D eigenvalue weighted by atomic mass is 9.95. The van der Waals surface area contributed by atoms with Crippen LogP contribution in [0.15, 0.2) is 27.7 Å². The van der Waals surface area contributed by atoms with Gasteiger partial charge in [-0.05, 0) is 56.4 Å². The molecule has 0 radical (unpaired) electrons. The number of esters is 1. The number of anilines is 1. The summed E-state index contributed by atoms with van der Waals surface area (Å²) in [6, 6.07) is 5.92. The zero-order valence-corrected chi connectivity index (χ0v) is 22.8. The van der Waals surface area contributed by atoms with Crippen molar-refractivity contribution in [3.05, 3.63) is 43.5 Å². The standard InChI is InChI=1S/C23H24BrN3O4S3/c1-3-31-22(30)20-14-6-4-5-7-16(14)33-21(20)25-18(28)11-32-12-19(29)26-23-27(2)15-9-8-13(24)10-17(15)34-23/h8-10H,3-7,11-12H2,1-2H3,(H,25,28). The first-order valence-electron chi connectivity index (χ1n) is 10.9. The molecule has 1 aliphatic rings. The second-order valence-electron chi connectivity index (χ2n) is 7.74. The van der Waals surface area contributed by atoms with Crippen molar-refractivity contribution in [2.75, 3.05) is 23.4 Å². The Morgan fingerprint density at radius 2 is 2.00 bits per heavy atom. The number of thioether (sulfide) groups is 1. The molecule has 0 unspecified atom stereocenters. The van der Waals surface area contributed by atoms with Crippen molar-refractivity contribution in [1.82, 2.24) is 4.57 Å². The summed E-state index contributed by atoms with van der Waals surface area (Å²) in [6.07, 6.45) is 3.85. The summed E-state index contributed by atoms with van der Waals surface area (Å²) in [7, 11) is 1.88. The van der Waals surface area contributed by atoms with Gasteiger partial charge in [-0.1, -0.05) is 27.3 Å². The Hall–Kier alpha value is -1.95. The largest absolute Gasteiger partial charge is 0.462 e. The Kier molecular flexibility index (Phi) is 8.28. The van der Waals surface area contributed by atoms with Gasteiger partial charge in [-0.3, -0.25) is 9.59 Å². The highest BCUT2D eigenvalue weighted by atomic mass is 79.9. The zero-order chi connectivity index (χ0) is 24.2. The average molecular weight is 583 g/mol. The van der Waals surface area contributed by atoms with Crippen LogP contribution in [0.1, 0.15) is 40.6 Å². The summed E-state index contributed by atoms with van der Waals surface area (Å²) in [5.74, 6) is -0.742. The highest BCUT2D eigenvalue weighted by molar-refractivity contribution is 9.10. The number of nitrogens with one attached hydrogen (secondary N) is 1. The van der Waals surface area contributed by atoms with Crippen molar-refractivity contribution in [3.63, 3.8) is 0 Å². The predicted octanol–water partition coefficient (Wildman–Crippen LogP) is 4.92. The van der Waals surface area contributed by atoms with E-state index in [0.717, 1.165) is 50.8 Å². The Balaban J connectivity index is 1.38. The van der Waals surface area contributed by atoms with Crippen LogP contribution in [0.3, 0.4) is 0 Å². The second-order valence-corrected chi connectivity index (χ2v) is 11.8. The maximum atomic E-state index is 12.6. The molecular formula is C23H24BrN3O4S3. The van der Waals surface area contributed by atoms with Crippen molar-refractivity contribution >= 4 is 83.4 Å². The lowest BCUT2D eigenvalue weighted by molar-refractivity contribution is -0.115. The van der Waals surface area contributed by atoms with Gasteiger partial charge in [-0.2, -0.15) is 4.99 Å². The summed E-state index contributed by atoms with van der Waals surface area (Å²) >= 11 is 7.56. The molecule has 1 aliphatic carbocycles. The third-order valence-electron chi connectivity index (χ3n) is 5.35. The van der Waals surface area contributed by atoms with E-state index in [1.807, 2.05) is 29.8 Å². The molecule has 0 saturated carbocycles. The summed E-state index contributed by atoms with van der Waals surface area (Å²) in [5, 5.41) is 3.42. The number of hydrogen-bond donors (Lipinski definition) is 1. The Morgan fingerprint density at radius 3 is 2.79 bits per heavy atom. The minimum Gasteiger partial charge on any atom is -0.462 e. The van der Waals surface area contributed by atoms with E-state index in [2.05, 4.69) is 26.2 Å². The van der Waals surface area contributed by atoms with Crippen LogP contribution < -0.4 is 10.1 Å². The number of rotatable bonds is 7. The first-order chi connectivity index (χ1) is 16.4. The fourth-order valence-corrected chi connectivity index (χ4v) is 7.30. The normalized spacial score (nSPS) is 13.7. The Morgan fingerprint density at radius 1 is 1.21 bits per heavy atom. The van der Waals surface area contributed by atoms with Gasteiger partial charge in [-0.15, -0.1) is 23.1 Å². The molecule has 3 aromatic rings. The van der Waals surface area contributed by atoms with Crippen LogP contribution in [-0.2, 0) is 34.2 Å². The number of halogens is 1. The number of thiophene rings is 1. The lowest BCUT2D eigenvalue weighted by Crippen LogP contribution is -2.18. The van der Waals surface area contributed by atoms with Gasteiger partial charge in [0, 0.05) is 16.4 Å². The topological polar surface area (TPSA) is 89.8 Å². The number of fused-ring (bicyclic) bond motifs is 2. The highest BCUT2D eigenvalue weighted by Crippen LogP contribution is 2.38. The predicted molar refractivity (Wildman–Crippen MR) is 142 cm³/mol. The molecule has 0 fully saturated rings. The van der Waals surface area contributed by atoms with Crippen molar-refractivity contribution in [1.29, 1.82) is 0 Å². The van der Waals surface area contributed by atoms with E-state index in [1.54, 1.807) is 6.92 Å². The molecular weight excluding hydrogens is 558 g/mol. The molecule has 1 N–H and O–H groups in total. The molecule has 34 heavy (non-hydrogen) atoms. The molecule has 0 bridgehead atoms. The van der Waals surface area contributed by atoms with E-state index < -0.39 is 0 Å². The highest BCUT2D eigenvalue weighted by Gasteiger charge is 2.27. The van der Waals surface area contributed by atoms with Gasteiger partial charge >= 0.3 is 5.97 Å². The number of carbonyl (C=O) groups excluding carboxylic acids is 3. The van der Waals surface area contributed by atoms with Crippen molar-refractivity contribution in [2.45, 2.75) is 32.6 Å². The minimum absolute atomic E-state index is 0.0943. The third kappa shape index (κ3) is 5.64. The van der Waals surface area contributed by atoms with Gasteiger partial charge in [0.05, 0.1) is 33.9 Å². The quantitative estimate of drug-likeness (QED) is 0.400. The number of hydrogen-bond acceptors (Lipinski definition) is 7. The number of nitrogens with zero attached hydrogens (tertiary/aromatic N) is 2. The molecule has 2 aromatic heterocycles. The molecule has 7 nitrogen and oxygen atoms in total. The third-order valence-corrected chi connectivity index (χ3v) is 9.07. The SMILES string of the molecule is CCOC(=O)c1c(NC(=O)CSCC(=O)N=c2sc3cc(Br)ccc3n2C)sc2c1CCCC2. The number of aryl methyl sites for hydroxylation is 2. The molecule has 2 heterocycles. The second kappa shape index (κ2) is 11.2. The summed E-state index contributed by atoms with van der Waals surface area (Å²) in [5.41, 5.74) is 2.51.